The van der Waals surface area contributed by atoms with Crippen molar-refractivity contribution in [3.63, 3.8) is 0 Å². The van der Waals surface area contributed by atoms with E-state index in [1.54, 1.807) is 16.8 Å². The number of rotatable bonds is 3. The van der Waals surface area contributed by atoms with Crippen LogP contribution in [0.2, 0.25) is 0 Å². The average Bonchev–Trinajstić information content (AvgIpc) is 3.10. The van der Waals surface area contributed by atoms with Gasteiger partial charge in [-0.05, 0) is 34.6 Å². The highest BCUT2D eigenvalue weighted by Gasteiger charge is 2.25. The molecule has 2 heterocycles. The quantitative estimate of drug-likeness (QED) is 0.584. The Morgan fingerprint density at radius 2 is 2.00 bits per heavy atom. The molecule has 0 radical (unpaired) electrons. The molecule has 3 aromatic rings. The van der Waals surface area contributed by atoms with Gasteiger partial charge in [-0.3, -0.25) is 10.1 Å². The van der Waals surface area contributed by atoms with Crippen LogP contribution in [0, 0.1) is 17.0 Å². The molecule has 1 aliphatic heterocycles. The minimum Gasteiger partial charge on any atom is -0.323 e. The van der Waals surface area contributed by atoms with Crippen molar-refractivity contribution in [1.82, 2.24) is 20.2 Å². The second-order valence-corrected chi connectivity index (χ2v) is 5.82. The zero-order valence-electron chi connectivity index (χ0n) is 13.3. The highest BCUT2D eigenvalue weighted by atomic mass is 16.6. The highest BCUT2D eigenvalue weighted by molar-refractivity contribution is 5.77. The third kappa shape index (κ3) is 2.74. The van der Waals surface area contributed by atoms with E-state index in [1.807, 2.05) is 43.3 Å². The fourth-order valence-electron chi connectivity index (χ4n) is 2.82. The van der Waals surface area contributed by atoms with Crippen molar-refractivity contribution in [2.45, 2.75) is 13.0 Å². The number of allylic oxidation sites excluding steroid dienone is 1. The van der Waals surface area contributed by atoms with Crippen molar-refractivity contribution >= 4 is 17.3 Å². The van der Waals surface area contributed by atoms with Crippen LogP contribution in [-0.4, -0.2) is 25.1 Å². The predicted molar refractivity (Wildman–Crippen MR) is 91.8 cm³/mol. The van der Waals surface area contributed by atoms with Crippen LogP contribution in [0.5, 0.6) is 0 Å². The predicted octanol–water partition coefficient (Wildman–Crippen LogP) is 2.95. The van der Waals surface area contributed by atoms with Crippen LogP contribution in [0.15, 0.2) is 54.6 Å². The summed E-state index contributed by atoms with van der Waals surface area (Å²) in [5.41, 5.74) is 3.80. The van der Waals surface area contributed by atoms with Crippen LogP contribution < -0.4 is 5.32 Å². The number of benzene rings is 2. The second kappa shape index (κ2) is 5.82. The topological polar surface area (TPSA) is 98.8 Å². The number of nitrogens with zero attached hydrogens (tertiary/aromatic N) is 5. The first-order valence-electron chi connectivity index (χ1n) is 7.70. The number of hydrogen-bond acceptors (Lipinski definition) is 6. The van der Waals surface area contributed by atoms with Crippen LogP contribution >= 0.6 is 0 Å². The summed E-state index contributed by atoms with van der Waals surface area (Å²) in [5.74, 6) is 0.495. The molecule has 0 unspecified atom stereocenters. The van der Waals surface area contributed by atoms with Gasteiger partial charge >= 0.3 is 0 Å². The Morgan fingerprint density at radius 1 is 1.20 bits per heavy atom. The molecule has 0 saturated carbocycles. The van der Waals surface area contributed by atoms with E-state index >= 15 is 0 Å². The molecule has 1 aromatic heterocycles. The van der Waals surface area contributed by atoms with Gasteiger partial charge in [0.1, 0.15) is 6.04 Å². The van der Waals surface area contributed by atoms with E-state index in [1.165, 1.54) is 11.6 Å². The number of anilines is 1. The number of hydrogen-bond donors (Lipinski definition) is 1. The summed E-state index contributed by atoms with van der Waals surface area (Å²) in [7, 11) is 0. The van der Waals surface area contributed by atoms with Crippen molar-refractivity contribution < 1.29 is 4.92 Å². The van der Waals surface area contributed by atoms with Crippen LogP contribution in [0.4, 0.5) is 11.6 Å². The molecule has 124 valence electrons. The van der Waals surface area contributed by atoms with E-state index in [0.29, 0.717) is 5.95 Å². The molecule has 1 atom stereocenters. The molecule has 0 spiro atoms. The van der Waals surface area contributed by atoms with Crippen molar-refractivity contribution in [2.75, 3.05) is 5.32 Å². The monoisotopic (exact) mass is 334 g/mol. The van der Waals surface area contributed by atoms with E-state index in [-0.39, 0.29) is 11.7 Å². The van der Waals surface area contributed by atoms with Crippen molar-refractivity contribution in [1.29, 1.82) is 0 Å². The van der Waals surface area contributed by atoms with Gasteiger partial charge in [0.2, 0.25) is 5.95 Å². The van der Waals surface area contributed by atoms with Gasteiger partial charge in [0.05, 0.1) is 4.92 Å². The van der Waals surface area contributed by atoms with Crippen LogP contribution in [0.1, 0.15) is 22.7 Å². The number of nitro benzene ring substituents is 1. The summed E-state index contributed by atoms with van der Waals surface area (Å²) in [6.45, 7) is 2.03. The Labute approximate surface area is 142 Å². The Bertz CT molecular complexity index is 977. The first-order chi connectivity index (χ1) is 12.1. The third-order valence-corrected chi connectivity index (χ3v) is 4.11. The molecule has 0 amide bonds. The molecular formula is C17H14N6O2. The van der Waals surface area contributed by atoms with Gasteiger partial charge in [-0.25, -0.2) is 0 Å². The van der Waals surface area contributed by atoms with E-state index < -0.39 is 4.92 Å². The van der Waals surface area contributed by atoms with E-state index in [0.717, 1.165) is 16.8 Å². The number of non-ortho nitro benzene ring substituents is 1. The van der Waals surface area contributed by atoms with Gasteiger partial charge in [-0.1, -0.05) is 47.1 Å². The standard InChI is InChI=1S/C17H14N6O2/c1-11-5-7-12(8-6-11)15-10-16(22-17(18-15)19-20-21-22)13-3-2-4-14(9-13)23(24)25/h2-10,16H,1H3,(H,18,19,21)/t16-/m1/s1. The molecule has 0 aliphatic carbocycles. The summed E-state index contributed by atoms with van der Waals surface area (Å²) < 4.78 is 1.61. The molecule has 2 aromatic carbocycles. The maximum absolute atomic E-state index is 11.1. The van der Waals surface area contributed by atoms with Gasteiger partial charge in [-0.2, -0.15) is 4.68 Å². The molecule has 0 bridgehead atoms. The van der Waals surface area contributed by atoms with E-state index in [4.69, 9.17) is 0 Å². The lowest BCUT2D eigenvalue weighted by molar-refractivity contribution is -0.384. The van der Waals surface area contributed by atoms with Gasteiger partial charge in [-0.15, -0.1) is 0 Å². The number of fused-ring (bicyclic) bond motifs is 1. The van der Waals surface area contributed by atoms with Crippen molar-refractivity contribution in [3.8, 4) is 0 Å². The molecule has 8 heteroatoms. The Hall–Kier alpha value is -3.55. The third-order valence-electron chi connectivity index (χ3n) is 4.11. The lowest BCUT2D eigenvalue weighted by atomic mass is 10.0. The van der Waals surface area contributed by atoms with Crippen LogP contribution in [-0.2, 0) is 0 Å². The van der Waals surface area contributed by atoms with Crippen LogP contribution in [0.25, 0.3) is 5.70 Å². The molecule has 4 rings (SSSR count). The molecule has 1 N–H and O–H groups in total. The molecule has 25 heavy (non-hydrogen) atoms. The number of nitrogens with one attached hydrogen (secondary N) is 1. The first kappa shape index (κ1) is 15.0. The Balaban J connectivity index is 1.81. The lowest BCUT2D eigenvalue weighted by Crippen LogP contribution is -2.20. The second-order valence-electron chi connectivity index (χ2n) is 5.82. The summed E-state index contributed by atoms with van der Waals surface area (Å²) in [5, 5.41) is 26.0. The number of nitro groups is 1. The number of aromatic nitrogens is 4. The summed E-state index contributed by atoms with van der Waals surface area (Å²) in [6.07, 6.45) is 1.97. The van der Waals surface area contributed by atoms with E-state index in [9.17, 15) is 10.1 Å². The number of aryl methyl sites for hydroxylation is 1. The summed E-state index contributed by atoms with van der Waals surface area (Å²) >= 11 is 0. The normalized spacial score (nSPS) is 15.9. The average molecular weight is 334 g/mol. The lowest BCUT2D eigenvalue weighted by Gasteiger charge is -2.23. The van der Waals surface area contributed by atoms with Gasteiger partial charge in [0.15, 0.2) is 0 Å². The SMILES string of the molecule is Cc1ccc(C2=C[C@H](c3cccc([N+](=O)[O-])c3)n3nnnc3N2)cc1. The highest BCUT2D eigenvalue weighted by Crippen LogP contribution is 2.32. The first-order valence-corrected chi connectivity index (χ1v) is 7.70. The van der Waals surface area contributed by atoms with Crippen molar-refractivity contribution in [2.24, 2.45) is 0 Å². The minimum atomic E-state index is -0.407. The molecule has 0 fully saturated rings. The molecular weight excluding hydrogens is 320 g/mol. The van der Waals surface area contributed by atoms with Gasteiger partial charge < -0.3 is 5.32 Å². The molecule has 1 aliphatic rings. The van der Waals surface area contributed by atoms with Crippen LogP contribution in [0.3, 0.4) is 0 Å². The maximum Gasteiger partial charge on any atom is 0.269 e. The summed E-state index contributed by atoms with van der Waals surface area (Å²) in [4.78, 5) is 10.7. The van der Waals surface area contributed by atoms with Crippen molar-refractivity contribution in [3.05, 3.63) is 81.4 Å². The molecule has 8 nitrogen and oxygen atoms in total. The van der Waals surface area contributed by atoms with Gasteiger partial charge in [0, 0.05) is 17.8 Å². The van der Waals surface area contributed by atoms with E-state index in [2.05, 4.69) is 20.8 Å². The maximum atomic E-state index is 11.1. The summed E-state index contributed by atoms with van der Waals surface area (Å²) in [6, 6.07) is 14.3. The zero-order chi connectivity index (χ0) is 17.4. The smallest absolute Gasteiger partial charge is 0.269 e. The molecule has 0 saturated heterocycles. The fraction of sp³-hybridized carbons (Fsp3) is 0.118. The minimum absolute atomic E-state index is 0.0379. The number of tetrazole rings is 1. The van der Waals surface area contributed by atoms with Gasteiger partial charge in [0.25, 0.3) is 5.69 Å². The largest absolute Gasteiger partial charge is 0.323 e. The fourth-order valence-corrected chi connectivity index (χ4v) is 2.82. The Kier molecular flexibility index (Phi) is 3.50. The zero-order valence-corrected chi connectivity index (χ0v) is 13.3. The Morgan fingerprint density at radius 3 is 2.76 bits per heavy atom.